The van der Waals surface area contributed by atoms with Gasteiger partial charge in [-0.25, -0.2) is 0 Å². The maximum Gasteiger partial charge on any atom is 0.252 e. The molecular formula is C23H24N6O2. The highest BCUT2D eigenvalue weighted by atomic mass is 16.5. The van der Waals surface area contributed by atoms with Crippen molar-refractivity contribution in [2.75, 3.05) is 38.2 Å². The van der Waals surface area contributed by atoms with Crippen molar-refractivity contribution in [1.29, 1.82) is 0 Å². The van der Waals surface area contributed by atoms with Gasteiger partial charge in [-0.05, 0) is 23.8 Å². The number of fused-ring (bicyclic) bond motifs is 1. The van der Waals surface area contributed by atoms with Crippen LogP contribution in [0.15, 0.2) is 59.5 Å². The number of methoxy groups -OCH3 is 1. The van der Waals surface area contributed by atoms with Crippen LogP contribution in [0.25, 0.3) is 22.0 Å². The highest BCUT2D eigenvalue weighted by Crippen LogP contribution is 2.30. The molecule has 8 heteroatoms. The van der Waals surface area contributed by atoms with E-state index in [1.54, 1.807) is 13.3 Å². The Hall–Kier alpha value is -3.36. The molecule has 5 rings (SSSR count). The van der Waals surface area contributed by atoms with Crippen molar-refractivity contribution >= 4 is 16.6 Å². The number of pyridine rings is 2. The molecule has 4 heterocycles. The molecule has 0 saturated carbocycles. The first-order chi connectivity index (χ1) is 15.3. The molecule has 4 aromatic rings. The lowest BCUT2D eigenvalue weighted by Gasteiger charge is -2.36. The fraction of sp³-hybridized carbons (Fsp3) is 0.304. The second-order valence-corrected chi connectivity index (χ2v) is 7.60. The van der Waals surface area contributed by atoms with Crippen LogP contribution in [0, 0.1) is 0 Å². The molecule has 0 atom stereocenters. The summed E-state index contributed by atoms with van der Waals surface area (Å²) in [5.74, 6) is 1.22. The summed E-state index contributed by atoms with van der Waals surface area (Å²) in [6.45, 7) is 4.78. The highest BCUT2D eigenvalue weighted by molar-refractivity contribution is 5.94. The summed E-state index contributed by atoms with van der Waals surface area (Å²) in [4.78, 5) is 18.0. The minimum absolute atomic E-state index is 0.346. The molecule has 0 bridgehead atoms. The van der Waals surface area contributed by atoms with Crippen LogP contribution in [-0.2, 0) is 17.9 Å². The summed E-state index contributed by atoms with van der Waals surface area (Å²) < 4.78 is 10.2. The third kappa shape index (κ3) is 4.26. The van der Waals surface area contributed by atoms with Gasteiger partial charge in [-0.2, -0.15) is 4.98 Å². The summed E-state index contributed by atoms with van der Waals surface area (Å²) >= 11 is 0. The molecule has 1 fully saturated rings. The number of anilines is 1. The number of hydrogen-bond donors (Lipinski definition) is 0. The Kier molecular flexibility index (Phi) is 5.56. The monoisotopic (exact) mass is 416 g/mol. The van der Waals surface area contributed by atoms with Crippen molar-refractivity contribution in [3.63, 3.8) is 0 Å². The summed E-state index contributed by atoms with van der Waals surface area (Å²) in [5, 5.41) is 5.22. The van der Waals surface area contributed by atoms with Crippen molar-refractivity contribution in [2.45, 2.75) is 13.2 Å². The molecule has 1 aliphatic heterocycles. The quantitative estimate of drug-likeness (QED) is 0.474. The molecule has 0 spiro atoms. The van der Waals surface area contributed by atoms with Gasteiger partial charge in [0.2, 0.25) is 0 Å². The summed E-state index contributed by atoms with van der Waals surface area (Å²) in [7, 11) is 1.62. The molecule has 0 aliphatic carbocycles. The highest BCUT2D eigenvalue weighted by Gasteiger charge is 2.20. The number of ether oxygens (including phenoxy) is 1. The van der Waals surface area contributed by atoms with Gasteiger partial charge in [-0.15, -0.1) is 0 Å². The van der Waals surface area contributed by atoms with Crippen LogP contribution in [0.5, 0.6) is 0 Å². The molecule has 1 aliphatic rings. The number of hydrogen-bond acceptors (Lipinski definition) is 8. The average Bonchev–Trinajstić information content (AvgIpc) is 3.26. The van der Waals surface area contributed by atoms with E-state index in [0.717, 1.165) is 42.8 Å². The molecule has 1 saturated heterocycles. The van der Waals surface area contributed by atoms with E-state index in [2.05, 4.69) is 60.2 Å². The second kappa shape index (κ2) is 8.79. The van der Waals surface area contributed by atoms with Gasteiger partial charge in [-0.3, -0.25) is 14.9 Å². The first-order valence-corrected chi connectivity index (χ1v) is 10.4. The van der Waals surface area contributed by atoms with Crippen LogP contribution < -0.4 is 4.90 Å². The first kappa shape index (κ1) is 19.6. The molecule has 3 aromatic heterocycles. The molecular weight excluding hydrogens is 392 g/mol. The molecule has 31 heavy (non-hydrogen) atoms. The van der Waals surface area contributed by atoms with Gasteiger partial charge in [0.05, 0.1) is 12.1 Å². The van der Waals surface area contributed by atoms with Crippen LogP contribution in [0.2, 0.25) is 0 Å². The van der Waals surface area contributed by atoms with Crippen LogP contribution in [-0.4, -0.2) is 58.3 Å². The Labute approximate surface area is 180 Å². The topological polar surface area (TPSA) is 80.4 Å². The van der Waals surface area contributed by atoms with E-state index in [-0.39, 0.29) is 0 Å². The zero-order valence-electron chi connectivity index (χ0n) is 17.4. The van der Waals surface area contributed by atoms with E-state index >= 15 is 0 Å². The van der Waals surface area contributed by atoms with Gasteiger partial charge in [0.25, 0.3) is 5.89 Å². The van der Waals surface area contributed by atoms with Crippen molar-refractivity contribution in [3.8, 4) is 11.1 Å². The zero-order valence-corrected chi connectivity index (χ0v) is 17.4. The van der Waals surface area contributed by atoms with Gasteiger partial charge in [0, 0.05) is 68.5 Å². The number of piperazine rings is 1. The SMILES string of the molecule is COCc1nc(CN2CCN(c3ccnc4cc(-c5cccnc5)ccc34)CC2)no1. The van der Waals surface area contributed by atoms with E-state index in [1.807, 2.05) is 18.5 Å². The predicted octanol–water partition coefficient (Wildman–Crippen LogP) is 3.15. The van der Waals surface area contributed by atoms with Crippen molar-refractivity contribution in [2.24, 2.45) is 0 Å². The molecule has 0 unspecified atom stereocenters. The third-order valence-electron chi connectivity index (χ3n) is 5.57. The Morgan fingerprint density at radius 3 is 2.74 bits per heavy atom. The van der Waals surface area contributed by atoms with E-state index in [0.29, 0.717) is 24.9 Å². The third-order valence-corrected chi connectivity index (χ3v) is 5.57. The normalized spacial score (nSPS) is 14.9. The Balaban J connectivity index is 1.29. The largest absolute Gasteiger partial charge is 0.375 e. The Morgan fingerprint density at radius 1 is 1.03 bits per heavy atom. The minimum atomic E-state index is 0.346. The van der Waals surface area contributed by atoms with Crippen LogP contribution >= 0.6 is 0 Å². The maximum absolute atomic E-state index is 5.19. The van der Waals surface area contributed by atoms with Crippen molar-refractivity contribution in [1.82, 2.24) is 25.0 Å². The van der Waals surface area contributed by atoms with Crippen LogP contribution in [0.1, 0.15) is 11.7 Å². The van der Waals surface area contributed by atoms with Crippen molar-refractivity contribution < 1.29 is 9.26 Å². The number of nitrogens with zero attached hydrogens (tertiary/aromatic N) is 6. The minimum Gasteiger partial charge on any atom is -0.375 e. The van der Waals surface area contributed by atoms with E-state index in [9.17, 15) is 0 Å². The molecule has 8 nitrogen and oxygen atoms in total. The molecule has 1 aromatic carbocycles. The number of rotatable bonds is 6. The smallest absolute Gasteiger partial charge is 0.252 e. The van der Waals surface area contributed by atoms with Gasteiger partial charge < -0.3 is 14.2 Å². The van der Waals surface area contributed by atoms with E-state index in [4.69, 9.17) is 9.26 Å². The lowest BCUT2D eigenvalue weighted by atomic mass is 10.0. The van der Waals surface area contributed by atoms with Crippen LogP contribution in [0.4, 0.5) is 5.69 Å². The fourth-order valence-corrected chi connectivity index (χ4v) is 4.01. The van der Waals surface area contributed by atoms with Crippen LogP contribution in [0.3, 0.4) is 0 Å². The fourth-order valence-electron chi connectivity index (χ4n) is 4.01. The van der Waals surface area contributed by atoms with Gasteiger partial charge in [0.1, 0.15) is 6.61 Å². The molecule has 0 radical (unpaired) electrons. The Morgan fingerprint density at radius 2 is 1.94 bits per heavy atom. The van der Waals surface area contributed by atoms with Gasteiger partial charge in [0.15, 0.2) is 5.82 Å². The summed E-state index contributed by atoms with van der Waals surface area (Å²) in [6, 6.07) is 12.6. The van der Waals surface area contributed by atoms with E-state index < -0.39 is 0 Å². The molecule has 158 valence electrons. The number of aromatic nitrogens is 4. The zero-order chi connectivity index (χ0) is 21.0. The van der Waals surface area contributed by atoms with E-state index in [1.165, 1.54) is 11.1 Å². The molecule has 0 amide bonds. The summed E-state index contributed by atoms with van der Waals surface area (Å²) in [6.07, 6.45) is 5.57. The average molecular weight is 416 g/mol. The van der Waals surface area contributed by atoms with Gasteiger partial charge in [-0.1, -0.05) is 23.4 Å². The maximum atomic E-state index is 5.19. The standard InChI is InChI=1S/C23H24N6O2/c1-30-16-23-26-22(27-31-23)15-28-9-11-29(12-10-28)21-6-8-25-20-13-17(4-5-19(20)21)18-3-2-7-24-14-18/h2-8,13-14H,9-12,15-16H2,1H3. The number of benzene rings is 1. The lowest BCUT2D eigenvalue weighted by Crippen LogP contribution is -2.46. The van der Waals surface area contributed by atoms with Gasteiger partial charge >= 0.3 is 0 Å². The second-order valence-electron chi connectivity index (χ2n) is 7.60. The first-order valence-electron chi connectivity index (χ1n) is 10.4. The molecule has 0 N–H and O–H groups in total. The summed E-state index contributed by atoms with van der Waals surface area (Å²) in [5.41, 5.74) is 4.45. The lowest BCUT2D eigenvalue weighted by molar-refractivity contribution is 0.151. The van der Waals surface area contributed by atoms with Crippen molar-refractivity contribution in [3.05, 3.63) is 66.7 Å². The Bertz CT molecular complexity index is 1160. The predicted molar refractivity (Wildman–Crippen MR) is 117 cm³/mol.